The maximum Gasteiger partial charge on any atom is 0.257 e. The minimum atomic E-state index is -0.177. The molecule has 2 aromatic rings. The van der Waals surface area contributed by atoms with Gasteiger partial charge < -0.3 is 10.1 Å². The second-order valence-corrected chi connectivity index (χ2v) is 4.57. The Hall–Kier alpha value is -2.36. The molecule has 104 valence electrons. The minimum absolute atomic E-state index is 0.177. The highest BCUT2D eigenvalue weighted by Gasteiger charge is 2.07. The molecule has 0 aliphatic heterocycles. The highest BCUT2D eigenvalue weighted by Crippen LogP contribution is 2.15. The lowest BCUT2D eigenvalue weighted by molar-refractivity contribution is 0.102. The number of amides is 1. The van der Waals surface area contributed by atoms with Crippen LogP contribution in [0, 0.1) is 13.8 Å². The molecule has 2 rings (SSSR count). The predicted molar refractivity (Wildman–Crippen MR) is 79.3 cm³/mol. The molecule has 1 N–H and O–H groups in total. The summed E-state index contributed by atoms with van der Waals surface area (Å²) in [6, 6.07) is 9.23. The third-order valence-electron chi connectivity index (χ3n) is 3.06. The first-order valence-corrected chi connectivity index (χ1v) is 6.57. The van der Waals surface area contributed by atoms with Crippen LogP contribution in [0.5, 0.6) is 5.88 Å². The summed E-state index contributed by atoms with van der Waals surface area (Å²) in [5.41, 5.74) is 3.64. The number of carbonyl (C=O) groups excluding carboxylic acids is 1. The van der Waals surface area contributed by atoms with E-state index in [1.807, 2.05) is 39.0 Å². The molecule has 20 heavy (non-hydrogen) atoms. The van der Waals surface area contributed by atoms with E-state index in [1.54, 1.807) is 12.1 Å². The molecule has 4 nitrogen and oxygen atoms in total. The molecule has 1 heterocycles. The van der Waals surface area contributed by atoms with Crippen molar-refractivity contribution < 1.29 is 9.53 Å². The van der Waals surface area contributed by atoms with Gasteiger partial charge in [0.25, 0.3) is 5.91 Å². The van der Waals surface area contributed by atoms with E-state index in [9.17, 15) is 4.79 Å². The molecule has 0 aliphatic carbocycles. The Balaban J connectivity index is 2.09. The number of nitrogens with zero attached hydrogens (tertiary/aromatic N) is 1. The Morgan fingerprint density at radius 1 is 1.20 bits per heavy atom. The molecule has 0 saturated carbocycles. The summed E-state index contributed by atoms with van der Waals surface area (Å²) in [5.74, 6) is 0.346. The number of hydrogen-bond acceptors (Lipinski definition) is 3. The van der Waals surface area contributed by atoms with Crippen LogP contribution in [-0.4, -0.2) is 17.5 Å². The lowest BCUT2D eigenvalue weighted by atomic mass is 10.1. The molecule has 0 bridgehead atoms. The van der Waals surface area contributed by atoms with Crippen molar-refractivity contribution in [1.29, 1.82) is 0 Å². The number of benzene rings is 1. The van der Waals surface area contributed by atoms with E-state index < -0.39 is 0 Å². The first kappa shape index (κ1) is 14.1. The van der Waals surface area contributed by atoms with Crippen molar-refractivity contribution in [1.82, 2.24) is 4.98 Å². The van der Waals surface area contributed by atoms with Gasteiger partial charge in [-0.2, -0.15) is 0 Å². The monoisotopic (exact) mass is 270 g/mol. The fraction of sp³-hybridized carbons (Fsp3) is 0.250. The Labute approximate surface area is 118 Å². The second kappa shape index (κ2) is 6.19. The van der Waals surface area contributed by atoms with Gasteiger partial charge in [0.15, 0.2) is 0 Å². The number of carbonyl (C=O) groups is 1. The van der Waals surface area contributed by atoms with E-state index in [0.29, 0.717) is 18.1 Å². The molecule has 4 heteroatoms. The third-order valence-corrected chi connectivity index (χ3v) is 3.06. The average molecular weight is 270 g/mol. The molecule has 1 aromatic heterocycles. The molecule has 1 amide bonds. The van der Waals surface area contributed by atoms with Gasteiger partial charge in [0.05, 0.1) is 12.2 Å². The number of ether oxygens (including phenoxy) is 1. The molecule has 0 fully saturated rings. The quantitative estimate of drug-likeness (QED) is 0.927. The van der Waals surface area contributed by atoms with Gasteiger partial charge in [-0.25, -0.2) is 4.98 Å². The molecule has 0 unspecified atom stereocenters. The van der Waals surface area contributed by atoms with E-state index in [-0.39, 0.29) is 5.91 Å². The summed E-state index contributed by atoms with van der Waals surface area (Å²) in [6.45, 7) is 6.50. The van der Waals surface area contributed by atoms with Crippen LogP contribution < -0.4 is 10.1 Å². The zero-order chi connectivity index (χ0) is 14.5. The molecular formula is C16H18N2O2. The zero-order valence-electron chi connectivity index (χ0n) is 11.9. The molecule has 0 aliphatic rings. The molecule has 1 aromatic carbocycles. The van der Waals surface area contributed by atoms with E-state index >= 15 is 0 Å². The van der Waals surface area contributed by atoms with Gasteiger partial charge in [-0.15, -0.1) is 0 Å². The molecule has 0 spiro atoms. The van der Waals surface area contributed by atoms with Gasteiger partial charge in [0.2, 0.25) is 5.88 Å². The number of aromatic nitrogens is 1. The number of anilines is 1. The van der Waals surface area contributed by atoms with Crippen molar-refractivity contribution in [3.63, 3.8) is 0 Å². The van der Waals surface area contributed by atoms with Crippen molar-refractivity contribution in [3.8, 4) is 5.88 Å². The fourth-order valence-electron chi connectivity index (χ4n) is 1.77. The van der Waals surface area contributed by atoms with Crippen LogP contribution >= 0.6 is 0 Å². The number of nitrogens with one attached hydrogen (secondary N) is 1. The van der Waals surface area contributed by atoms with Crippen LogP contribution in [0.25, 0.3) is 0 Å². The lowest BCUT2D eigenvalue weighted by Crippen LogP contribution is -2.12. The fourth-order valence-corrected chi connectivity index (χ4v) is 1.77. The number of pyridine rings is 1. The maximum absolute atomic E-state index is 12.1. The summed E-state index contributed by atoms with van der Waals surface area (Å²) in [5, 5.41) is 2.86. The van der Waals surface area contributed by atoms with Crippen LogP contribution in [0.2, 0.25) is 0 Å². The van der Waals surface area contributed by atoms with Crippen LogP contribution in [0.15, 0.2) is 36.5 Å². The molecule has 0 saturated heterocycles. The smallest absolute Gasteiger partial charge is 0.257 e. The zero-order valence-corrected chi connectivity index (χ0v) is 11.9. The predicted octanol–water partition coefficient (Wildman–Crippen LogP) is 3.35. The standard InChI is InChI=1S/C16H18N2O2/c1-4-20-15-8-6-13(10-17-15)16(19)18-14-7-5-11(2)12(3)9-14/h5-10H,4H2,1-3H3,(H,18,19). The van der Waals surface area contributed by atoms with E-state index in [2.05, 4.69) is 10.3 Å². The summed E-state index contributed by atoms with van der Waals surface area (Å²) in [4.78, 5) is 16.2. The number of aryl methyl sites for hydroxylation is 2. The van der Waals surface area contributed by atoms with Crippen molar-refractivity contribution in [2.75, 3.05) is 11.9 Å². The average Bonchev–Trinajstić information content (AvgIpc) is 2.44. The van der Waals surface area contributed by atoms with Crippen molar-refractivity contribution in [3.05, 3.63) is 53.2 Å². The normalized spacial score (nSPS) is 10.2. The highest BCUT2D eigenvalue weighted by molar-refractivity contribution is 6.04. The summed E-state index contributed by atoms with van der Waals surface area (Å²) >= 11 is 0. The van der Waals surface area contributed by atoms with E-state index in [4.69, 9.17) is 4.74 Å². The van der Waals surface area contributed by atoms with Crippen LogP contribution in [0.1, 0.15) is 28.4 Å². The first-order valence-electron chi connectivity index (χ1n) is 6.57. The summed E-state index contributed by atoms with van der Waals surface area (Å²) in [7, 11) is 0. The first-order chi connectivity index (χ1) is 9.60. The number of rotatable bonds is 4. The van der Waals surface area contributed by atoms with Crippen LogP contribution in [0.4, 0.5) is 5.69 Å². The van der Waals surface area contributed by atoms with Gasteiger partial charge in [0.1, 0.15) is 0 Å². The SMILES string of the molecule is CCOc1ccc(C(=O)Nc2ccc(C)c(C)c2)cn1. The van der Waals surface area contributed by atoms with Gasteiger partial charge in [0, 0.05) is 18.0 Å². The second-order valence-electron chi connectivity index (χ2n) is 4.57. The summed E-state index contributed by atoms with van der Waals surface area (Å²) in [6.07, 6.45) is 1.52. The Morgan fingerprint density at radius 3 is 2.60 bits per heavy atom. The topological polar surface area (TPSA) is 51.2 Å². The minimum Gasteiger partial charge on any atom is -0.478 e. The van der Waals surface area contributed by atoms with Crippen molar-refractivity contribution >= 4 is 11.6 Å². The largest absolute Gasteiger partial charge is 0.478 e. The number of hydrogen-bond donors (Lipinski definition) is 1. The lowest BCUT2D eigenvalue weighted by Gasteiger charge is -2.08. The highest BCUT2D eigenvalue weighted by atomic mass is 16.5. The molecule has 0 atom stereocenters. The Morgan fingerprint density at radius 2 is 2.00 bits per heavy atom. The van der Waals surface area contributed by atoms with Crippen LogP contribution in [0.3, 0.4) is 0 Å². The Bertz CT molecular complexity index is 606. The molecular weight excluding hydrogens is 252 g/mol. The van der Waals surface area contributed by atoms with E-state index in [1.165, 1.54) is 11.8 Å². The molecule has 0 radical (unpaired) electrons. The van der Waals surface area contributed by atoms with Gasteiger partial charge >= 0.3 is 0 Å². The summed E-state index contributed by atoms with van der Waals surface area (Å²) < 4.78 is 5.24. The third kappa shape index (κ3) is 3.35. The van der Waals surface area contributed by atoms with Gasteiger partial charge in [-0.3, -0.25) is 4.79 Å². The van der Waals surface area contributed by atoms with E-state index in [0.717, 1.165) is 11.3 Å². The van der Waals surface area contributed by atoms with Crippen molar-refractivity contribution in [2.24, 2.45) is 0 Å². The van der Waals surface area contributed by atoms with Crippen LogP contribution in [-0.2, 0) is 0 Å². The van der Waals surface area contributed by atoms with Crippen molar-refractivity contribution in [2.45, 2.75) is 20.8 Å². The maximum atomic E-state index is 12.1. The van der Waals surface area contributed by atoms with Gasteiger partial charge in [-0.05, 0) is 50.1 Å². The van der Waals surface area contributed by atoms with Gasteiger partial charge in [-0.1, -0.05) is 6.07 Å². The Kier molecular flexibility index (Phi) is 4.35.